The van der Waals surface area contributed by atoms with Crippen LogP contribution in [0.5, 0.6) is 0 Å². The molecule has 0 N–H and O–H groups in total. The van der Waals surface area contributed by atoms with E-state index >= 15 is 0 Å². The molecule has 3 heteroatoms. The van der Waals surface area contributed by atoms with Gasteiger partial charge in [0.1, 0.15) is 6.29 Å². The smallest absolute Gasteiger partial charge is 0.180 e. The Morgan fingerprint density at radius 3 is 2.53 bits per heavy atom. The van der Waals surface area contributed by atoms with Gasteiger partial charge in [-0.25, -0.2) is 0 Å². The highest BCUT2D eigenvalue weighted by molar-refractivity contribution is 7.12. The maximum absolute atomic E-state index is 12.2. The second-order valence-corrected chi connectivity index (χ2v) is 4.65. The second-order valence-electron chi connectivity index (χ2n) is 3.71. The van der Waals surface area contributed by atoms with E-state index in [1.165, 1.54) is 11.3 Å². The van der Waals surface area contributed by atoms with E-state index in [-0.39, 0.29) is 18.1 Å². The molecule has 0 radical (unpaired) electrons. The fourth-order valence-corrected chi connectivity index (χ4v) is 2.49. The number of thiophene rings is 1. The monoisotopic (exact) mass is 244 g/mol. The lowest BCUT2D eigenvalue weighted by atomic mass is 9.91. The lowest BCUT2D eigenvalue weighted by Crippen LogP contribution is -2.12. The Hall–Kier alpha value is -1.74. The van der Waals surface area contributed by atoms with E-state index in [4.69, 9.17) is 0 Å². The van der Waals surface area contributed by atoms with Gasteiger partial charge < -0.3 is 4.79 Å². The van der Waals surface area contributed by atoms with Crippen molar-refractivity contribution in [3.8, 4) is 0 Å². The third-order valence-electron chi connectivity index (χ3n) is 2.61. The van der Waals surface area contributed by atoms with Crippen molar-refractivity contribution < 1.29 is 9.59 Å². The quantitative estimate of drug-likeness (QED) is 0.597. The van der Waals surface area contributed by atoms with Gasteiger partial charge in [-0.2, -0.15) is 0 Å². The van der Waals surface area contributed by atoms with Gasteiger partial charge in [-0.15, -0.1) is 11.3 Å². The molecule has 0 aliphatic carbocycles. The van der Waals surface area contributed by atoms with Gasteiger partial charge in [0.25, 0.3) is 0 Å². The van der Waals surface area contributed by atoms with Crippen LogP contribution in [0.3, 0.4) is 0 Å². The third-order valence-corrected chi connectivity index (χ3v) is 3.50. The van der Waals surface area contributed by atoms with E-state index in [1.54, 1.807) is 6.07 Å². The molecule has 0 saturated carbocycles. The first-order chi connectivity index (χ1) is 8.33. The van der Waals surface area contributed by atoms with Crippen molar-refractivity contribution in [3.63, 3.8) is 0 Å². The fraction of sp³-hybridized carbons (Fsp3) is 0.143. The number of Topliss-reactive ketones (excluding diaryl/α,β-unsaturated/α-hetero) is 1. The van der Waals surface area contributed by atoms with Crippen LogP contribution in [0.4, 0.5) is 0 Å². The van der Waals surface area contributed by atoms with Crippen LogP contribution in [-0.2, 0) is 4.79 Å². The van der Waals surface area contributed by atoms with Gasteiger partial charge in [-0.05, 0) is 17.0 Å². The topological polar surface area (TPSA) is 34.1 Å². The zero-order valence-corrected chi connectivity index (χ0v) is 10.0. The van der Waals surface area contributed by atoms with Crippen LogP contribution in [-0.4, -0.2) is 12.1 Å². The van der Waals surface area contributed by atoms with Crippen molar-refractivity contribution in [1.82, 2.24) is 0 Å². The van der Waals surface area contributed by atoms with Crippen LogP contribution in [0.25, 0.3) is 0 Å². The van der Waals surface area contributed by atoms with Crippen LogP contribution < -0.4 is 0 Å². The summed E-state index contributed by atoms with van der Waals surface area (Å²) in [7, 11) is 0. The average Bonchev–Trinajstić information content (AvgIpc) is 2.90. The first kappa shape index (κ1) is 11.7. The summed E-state index contributed by atoms with van der Waals surface area (Å²) in [5, 5.41) is 1.87. The van der Waals surface area contributed by atoms with Crippen LogP contribution in [0, 0.1) is 0 Å². The molecule has 86 valence electrons. The number of hydrogen-bond acceptors (Lipinski definition) is 3. The molecule has 1 aromatic carbocycles. The van der Waals surface area contributed by atoms with Gasteiger partial charge in [0.2, 0.25) is 0 Å². The van der Waals surface area contributed by atoms with Gasteiger partial charge in [-0.3, -0.25) is 4.79 Å². The maximum Gasteiger partial charge on any atom is 0.180 e. The summed E-state index contributed by atoms with van der Waals surface area (Å²) < 4.78 is 0. The average molecular weight is 244 g/mol. The van der Waals surface area contributed by atoms with Crippen LogP contribution in [0.15, 0.2) is 47.8 Å². The summed E-state index contributed by atoms with van der Waals surface area (Å²) in [5.41, 5.74) is 0.901. The van der Waals surface area contributed by atoms with E-state index in [2.05, 4.69) is 0 Å². The highest BCUT2D eigenvalue weighted by Crippen LogP contribution is 2.25. The van der Waals surface area contributed by atoms with Crippen molar-refractivity contribution in [2.24, 2.45) is 0 Å². The molecule has 1 heterocycles. The van der Waals surface area contributed by atoms with Crippen molar-refractivity contribution in [2.75, 3.05) is 0 Å². The SMILES string of the molecule is O=CC[C@H](C(=O)c1cccs1)c1ccccc1. The molecule has 0 unspecified atom stereocenters. The fourth-order valence-electron chi connectivity index (χ4n) is 1.77. The lowest BCUT2D eigenvalue weighted by Gasteiger charge is -2.12. The number of rotatable bonds is 5. The Kier molecular flexibility index (Phi) is 3.83. The Bertz CT molecular complexity index is 488. The first-order valence-electron chi connectivity index (χ1n) is 5.39. The minimum absolute atomic E-state index is 0.0262. The molecule has 2 aromatic rings. The molecule has 0 aliphatic rings. The summed E-state index contributed by atoms with van der Waals surface area (Å²) in [6.07, 6.45) is 1.05. The van der Waals surface area contributed by atoms with Crippen molar-refractivity contribution in [1.29, 1.82) is 0 Å². The molecule has 0 saturated heterocycles. The minimum atomic E-state index is -0.354. The van der Waals surface area contributed by atoms with Gasteiger partial charge in [0.05, 0.1) is 10.8 Å². The molecule has 2 nitrogen and oxygen atoms in total. The predicted octanol–water partition coefficient (Wildman–Crippen LogP) is 3.30. The normalized spacial score (nSPS) is 12.0. The van der Waals surface area contributed by atoms with Gasteiger partial charge >= 0.3 is 0 Å². The molecule has 0 aliphatic heterocycles. The molecular formula is C14H12O2S. The Morgan fingerprint density at radius 2 is 1.94 bits per heavy atom. The summed E-state index contributed by atoms with van der Waals surface area (Å²) >= 11 is 1.41. The number of benzene rings is 1. The standard InChI is InChI=1S/C14H12O2S/c15-9-8-12(11-5-2-1-3-6-11)14(16)13-7-4-10-17-13/h1-7,9-10,12H,8H2/t12-/m0/s1. The Morgan fingerprint density at radius 1 is 1.18 bits per heavy atom. The summed E-state index contributed by atoms with van der Waals surface area (Å²) in [6.45, 7) is 0. The molecule has 17 heavy (non-hydrogen) atoms. The largest absolute Gasteiger partial charge is 0.303 e. The number of carbonyl (C=O) groups is 2. The van der Waals surface area contributed by atoms with Crippen LogP contribution >= 0.6 is 11.3 Å². The van der Waals surface area contributed by atoms with E-state index in [0.29, 0.717) is 4.88 Å². The zero-order chi connectivity index (χ0) is 12.1. The summed E-state index contributed by atoms with van der Waals surface area (Å²) in [4.78, 5) is 23.7. The number of ketones is 1. The van der Waals surface area contributed by atoms with E-state index in [1.807, 2.05) is 41.8 Å². The molecule has 0 spiro atoms. The molecule has 1 atom stereocenters. The highest BCUT2D eigenvalue weighted by atomic mass is 32.1. The van der Waals surface area contributed by atoms with Crippen molar-refractivity contribution in [3.05, 3.63) is 58.3 Å². The van der Waals surface area contributed by atoms with E-state index in [9.17, 15) is 9.59 Å². The third kappa shape index (κ3) is 2.68. The number of hydrogen-bond donors (Lipinski definition) is 0. The summed E-state index contributed by atoms with van der Waals surface area (Å²) in [5.74, 6) is -0.328. The molecular weight excluding hydrogens is 232 g/mol. The number of carbonyl (C=O) groups excluding carboxylic acids is 2. The zero-order valence-electron chi connectivity index (χ0n) is 9.21. The first-order valence-corrected chi connectivity index (χ1v) is 6.27. The Balaban J connectivity index is 2.30. The van der Waals surface area contributed by atoms with Gasteiger partial charge in [-0.1, -0.05) is 36.4 Å². The predicted molar refractivity (Wildman–Crippen MR) is 68.5 cm³/mol. The van der Waals surface area contributed by atoms with Crippen molar-refractivity contribution >= 4 is 23.4 Å². The molecule has 0 bridgehead atoms. The minimum Gasteiger partial charge on any atom is -0.303 e. The highest BCUT2D eigenvalue weighted by Gasteiger charge is 2.21. The second kappa shape index (κ2) is 5.55. The number of aldehydes is 1. The Labute approximate surface area is 104 Å². The summed E-state index contributed by atoms with van der Waals surface area (Å²) in [6, 6.07) is 13.1. The lowest BCUT2D eigenvalue weighted by molar-refractivity contribution is -0.108. The van der Waals surface area contributed by atoms with E-state index in [0.717, 1.165) is 11.8 Å². The maximum atomic E-state index is 12.2. The van der Waals surface area contributed by atoms with Gasteiger partial charge in [0.15, 0.2) is 5.78 Å². The molecule has 0 amide bonds. The van der Waals surface area contributed by atoms with Crippen LogP contribution in [0.2, 0.25) is 0 Å². The van der Waals surface area contributed by atoms with E-state index < -0.39 is 0 Å². The molecule has 0 fully saturated rings. The van der Waals surface area contributed by atoms with Crippen molar-refractivity contribution in [2.45, 2.75) is 12.3 Å². The molecule has 1 aromatic heterocycles. The van der Waals surface area contributed by atoms with Crippen LogP contribution in [0.1, 0.15) is 27.6 Å². The van der Waals surface area contributed by atoms with Gasteiger partial charge in [0, 0.05) is 6.42 Å². The molecule has 2 rings (SSSR count).